The van der Waals surface area contributed by atoms with E-state index < -0.39 is 0 Å². The van der Waals surface area contributed by atoms with Crippen molar-refractivity contribution in [3.63, 3.8) is 0 Å². The molecule has 6 nitrogen and oxygen atoms in total. The number of methoxy groups -OCH3 is 1. The highest BCUT2D eigenvalue weighted by molar-refractivity contribution is 6.29. The van der Waals surface area contributed by atoms with Gasteiger partial charge in [0.1, 0.15) is 5.15 Å². The van der Waals surface area contributed by atoms with Crippen LogP contribution >= 0.6 is 11.6 Å². The number of carbonyl (C=O) groups excluding carboxylic acids is 1. The summed E-state index contributed by atoms with van der Waals surface area (Å²) in [5.74, 6) is -0.00558. The lowest BCUT2D eigenvalue weighted by atomic mass is 10.0. The predicted molar refractivity (Wildman–Crippen MR) is 104 cm³/mol. The Hall–Kier alpha value is -2.18. The van der Waals surface area contributed by atoms with Crippen molar-refractivity contribution >= 4 is 28.9 Å². The molecule has 0 fully saturated rings. The summed E-state index contributed by atoms with van der Waals surface area (Å²) in [4.78, 5) is 29.1. The van der Waals surface area contributed by atoms with Crippen LogP contribution in [0.25, 0.3) is 0 Å². The summed E-state index contributed by atoms with van der Waals surface area (Å²) in [5, 5.41) is 3.22. The Morgan fingerprint density at radius 1 is 1.38 bits per heavy atom. The van der Waals surface area contributed by atoms with Crippen LogP contribution in [-0.2, 0) is 4.74 Å². The van der Waals surface area contributed by atoms with E-state index in [1.807, 2.05) is 26.8 Å². The second-order valence-electron chi connectivity index (χ2n) is 6.33. The second-order valence-corrected chi connectivity index (χ2v) is 6.71. The van der Waals surface area contributed by atoms with E-state index in [1.54, 1.807) is 13.2 Å². The van der Waals surface area contributed by atoms with E-state index in [-0.39, 0.29) is 28.4 Å². The quantitative estimate of drug-likeness (QED) is 0.736. The maximum absolute atomic E-state index is 12.9. The molecule has 7 heteroatoms. The lowest BCUT2D eigenvalue weighted by Gasteiger charge is -2.19. The number of carbonyl (C=O) groups is 1. The molecule has 0 amide bonds. The van der Waals surface area contributed by atoms with Crippen molar-refractivity contribution in [1.29, 1.82) is 0 Å². The highest BCUT2D eigenvalue weighted by Gasteiger charge is 2.18. The molecule has 0 radical (unpaired) electrons. The molecule has 0 spiro atoms. The fraction of sp³-hybridized carbons (Fsp3) is 0.421. The lowest BCUT2D eigenvalue weighted by Crippen LogP contribution is -2.29. The third kappa shape index (κ3) is 4.31. The van der Waals surface area contributed by atoms with E-state index in [0.717, 1.165) is 11.1 Å². The van der Waals surface area contributed by atoms with Gasteiger partial charge in [-0.3, -0.25) is 9.59 Å². The molecule has 0 bridgehead atoms. The summed E-state index contributed by atoms with van der Waals surface area (Å²) in [6, 6.07) is 3.58. The monoisotopic (exact) mass is 377 g/mol. The maximum Gasteiger partial charge on any atom is 0.294 e. The van der Waals surface area contributed by atoms with E-state index >= 15 is 0 Å². The van der Waals surface area contributed by atoms with Gasteiger partial charge in [0, 0.05) is 18.9 Å². The topological polar surface area (TPSA) is 73.2 Å². The minimum Gasteiger partial charge on any atom is -0.383 e. The summed E-state index contributed by atoms with van der Waals surface area (Å²) in [6.07, 6.45) is 2.21. The number of halogens is 1. The lowest BCUT2D eigenvalue weighted by molar-refractivity contribution is 0.101. The first-order valence-electron chi connectivity index (χ1n) is 8.45. The molecule has 0 saturated carbocycles. The van der Waals surface area contributed by atoms with Gasteiger partial charge in [-0.25, -0.2) is 4.98 Å². The molecule has 1 aromatic heterocycles. The first-order chi connectivity index (χ1) is 12.3. The van der Waals surface area contributed by atoms with Gasteiger partial charge >= 0.3 is 0 Å². The van der Waals surface area contributed by atoms with E-state index in [4.69, 9.17) is 16.3 Å². The summed E-state index contributed by atoms with van der Waals surface area (Å²) in [5.41, 5.74) is 2.60. The molecule has 26 heavy (non-hydrogen) atoms. The van der Waals surface area contributed by atoms with Crippen LogP contribution in [0.1, 0.15) is 47.8 Å². The Morgan fingerprint density at radius 2 is 2.08 bits per heavy atom. The number of nitrogens with one attached hydrogen (secondary N) is 1. The van der Waals surface area contributed by atoms with Crippen molar-refractivity contribution in [2.45, 2.75) is 40.2 Å². The molecule has 1 N–H and O–H groups in total. The van der Waals surface area contributed by atoms with Crippen molar-refractivity contribution in [3.05, 3.63) is 50.5 Å². The first-order valence-corrected chi connectivity index (χ1v) is 8.83. The zero-order valence-electron chi connectivity index (χ0n) is 15.7. The molecule has 1 aromatic carbocycles. The molecule has 0 aliphatic carbocycles. The molecule has 0 aliphatic rings. The number of ether oxygens (including phenoxy) is 1. The number of aromatic nitrogens is 2. The van der Waals surface area contributed by atoms with Crippen LogP contribution in [0.4, 0.5) is 11.5 Å². The van der Waals surface area contributed by atoms with E-state index in [1.165, 1.54) is 17.7 Å². The number of benzene rings is 1. The van der Waals surface area contributed by atoms with Gasteiger partial charge in [0.2, 0.25) is 0 Å². The minimum absolute atomic E-state index is 0.0847. The number of ketones is 1. The average Bonchev–Trinajstić information content (AvgIpc) is 2.57. The van der Waals surface area contributed by atoms with Gasteiger partial charge in [0.15, 0.2) is 11.6 Å². The van der Waals surface area contributed by atoms with Gasteiger partial charge in [0.25, 0.3) is 5.56 Å². The fourth-order valence-corrected chi connectivity index (χ4v) is 3.14. The smallest absolute Gasteiger partial charge is 0.294 e. The van der Waals surface area contributed by atoms with Crippen LogP contribution in [0.5, 0.6) is 0 Å². The van der Waals surface area contributed by atoms with Gasteiger partial charge in [0.05, 0.1) is 18.3 Å². The Kier molecular flexibility index (Phi) is 6.56. The van der Waals surface area contributed by atoms with Gasteiger partial charge < -0.3 is 14.6 Å². The molecule has 2 aromatic rings. The number of anilines is 2. The molecule has 1 atom stereocenters. The highest BCUT2D eigenvalue weighted by atomic mass is 35.5. The zero-order valence-corrected chi connectivity index (χ0v) is 16.5. The molecular formula is C19H24ClN3O3. The number of Topliss-reactive ketones (excluding diaryl/α,β-unsaturated/α-hetero) is 1. The Labute approximate surface area is 158 Å². The number of nitrogens with zero attached hydrogens (tertiary/aromatic N) is 2. The van der Waals surface area contributed by atoms with Gasteiger partial charge in [-0.15, -0.1) is 0 Å². The molecule has 0 aliphatic heterocycles. The molecule has 2 rings (SSSR count). The minimum atomic E-state index is -0.312. The van der Waals surface area contributed by atoms with Crippen LogP contribution in [-0.4, -0.2) is 29.1 Å². The van der Waals surface area contributed by atoms with Crippen LogP contribution in [0, 0.1) is 13.8 Å². The van der Waals surface area contributed by atoms with Crippen LogP contribution < -0.4 is 10.9 Å². The van der Waals surface area contributed by atoms with E-state index in [9.17, 15) is 9.59 Å². The fourth-order valence-electron chi connectivity index (χ4n) is 2.95. The van der Waals surface area contributed by atoms with Crippen LogP contribution in [0.3, 0.4) is 0 Å². The first kappa shape index (κ1) is 20.1. The SMILES string of the molecule is CCC(COC)n1cc(Cl)nc(Nc2c(C)cc(C)cc2C(C)=O)c1=O. The van der Waals surface area contributed by atoms with Crippen molar-refractivity contribution in [2.24, 2.45) is 0 Å². The van der Waals surface area contributed by atoms with Crippen molar-refractivity contribution in [2.75, 3.05) is 19.0 Å². The summed E-state index contributed by atoms with van der Waals surface area (Å²) in [7, 11) is 1.59. The van der Waals surface area contributed by atoms with Crippen LogP contribution in [0.2, 0.25) is 5.15 Å². The summed E-state index contributed by atoms with van der Waals surface area (Å²) >= 11 is 6.14. The summed E-state index contributed by atoms with van der Waals surface area (Å²) in [6.45, 7) is 7.65. The van der Waals surface area contributed by atoms with E-state index in [2.05, 4.69) is 10.3 Å². The molecule has 1 heterocycles. The average molecular weight is 378 g/mol. The Balaban J connectivity index is 2.57. The zero-order chi connectivity index (χ0) is 19.4. The second kappa shape index (κ2) is 8.47. The summed E-state index contributed by atoms with van der Waals surface area (Å²) < 4.78 is 6.72. The van der Waals surface area contributed by atoms with Crippen molar-refractivity contribution < 1.29 is 9.53 Å². The van der Waals surface area contributed by atoms with Gasteiger partial charge in [-0.1, -0.05) is 24.6 Å². The molecule has 1 unspecified atom stereocenters. The third-order valence-corrected chi connectivity index (χ3v) is 4.41. The molecular weight excluding hydrogens is 354 g/mol. The maximum atomic E-state index is 12.9. The van der Waals surface area contributed by atoms with Crippen molar-refractivity contribution in [1.82, 2.24) is 9.55 Å². The molecule has 0 saturated heterocycles. The number of hydrogen-bond donors (Lipinski definition) is 1. The van der Waals surface area contributed by atoms with Crippen molar-refractivity contribution in [3.8, 4) is 0 Å². The third-order valence-electron chi connectivity index (χ3n) is 4.23. The Morgan fingerprint density at radius 3 is 2.65 bits per heavy atom. The van der Waals surface area contributed by atoms with Crippen LogP contribution in [0.15, 0.2) is 23.1 Å². The molecule has 140 valence electrons. The predicted octanol–water partition coefficient (Wildman–Crippen LogP) is 4.06. The Bertz CT molecular complexity index is 877. The largest absolute Gasteiger partial charge is 0.383 e. The standard InChI is InChI=1S/C19H24ClN3O3/c1-6-14(10-26-5)23-9-16(20)21-18(19(23)25)22-17-12(3)7-11(2)8-15(17)13(4)24/h7-9,14H,6,10H2,1-5H3,(H,21,22). The van der Waals surface area contributed by atoms with Gasteiger partial charge in [-0.2, -0.15) is 0 Å². The van der Waals surface area contributed by atoms with Gasteiger partial charge in [-0.05, 0) is 44.4 Å². The normalized spacial score (nSPS) is 12.1. The number of rotatable bonds is 7. The number of aryl methyl sites for hydroxylation is 2. The highest BCUT2D eigenvalue weighted by Crippen LogP contribution is 2.26. The number of hydrogen-bond acceptors (Lipinski definition) is 5. The van der Waals surface area contributed by atoms with E-state index in [0.29, 0.717) is 24.3 Å².